The second-order valence-corrected chi connectivity index (χ2v) is 21.7. The summed E-state index contributed by atoms with van der Waals surface area (Å²) in [6.45, 7) is 29.0. The van der Waals surface area contributed by atoms with E-state index in [0.29, 0.717) is 57.5 Å². The monoisotopic (exact) mass is 845 g/mol. The summed E-state index contributed by atoms with van der Waals surface area (Å²) in [6.07, 6.45) is 20.9. The molecular formula is C56H76O6. The Kier molecular flexibility index (Phi) is 13.4. The molecule has 1 heterocycles. The molecule has 4 saturated carbocycles. The van der Waals surface area contributed by atoms with Crippen LogP contribution < -0.4 is 19.6 Å². The first-order valence-electron chi connectivity index (χ1n) is 23.8. The molecule has 0 saturated heterocycles. The first kappa shape index (κ1) is 45.8. The van der Waals surface area contributed by atoms with E-state index in [4.69, 9.17) is 18.6 Å². The van der Waals surface area contributed by atoms with Gasteiger partial charge in [0.15, 0.2) is 5.76 Å². The van der Waals surface area contributed by atoms with Gasteiger partial charge in [-0.3, -0.25) is 4.79 Å². The lowest BCUT2D eigenvalue weighted by Gasteiger charge is -2.58. The molecule has 4 aliphatic carbocycles. The number of hydrogen-bond acceptors (Lipinski definition) is 6. The number of phenols is 1. The lowest BCUT2D eigenvalue weighted by molar-refractivity contribution is -0.0540. The predicted molar refractivity (Wildman–Crippen MR) is 255 cm³/mol. The first-order valence-corrected chi connectivity index (χ1v) is 23.8. The molecule has 6 atom stereocenters. The van der Waals surface area contributed by atoms with Crippen molar-refractivity contribution in [1.29, 1.82) is 0 Å². The first-order chi connectivity index (χ1) is 29.4. The van der Waals surface area contributed by atoms with Gasteiger partial charge >= 0.3 is 0 Å². The van der Waals surface area contributed by atoms with Gasteiger partial charge in [-0.15, -0.1) is 0 Å². The molecule has 1 aromatic heterocycles. The summed E-state index contributed by atoms with van der Waals surface area (Å²) in [6, 6.07) is 10.5. The topological polar surface area (TPSA) is 78.1 Å². The standard InChI is InChI=1S/C56H76O6/c1-36(14-22-43-38(3)16-24-47-53(5,6)28-12-30-55(43,47)9)26-32-60-42-34-45(57)49-46(35-42)62-51(40-18-20-41(59-11)21-19-40)52(50(49)58)61-33-27-37(2)15-23-44-39(4)17-25-48-54(7,8)29-13-31-56(44,48)10/h18-21,26-27,34-35,43-44,47-48,57H,3-4,12-17,22-25,28-33H2,1-2,5-11H3/b36-26+,37-27+/t43-,44-,47-,48-,55+,56+/m0/s1. The third kappa shape index (κ3) is 9.09. The van der Waals surface area contributed by atoms with Crippen LogP contribution in [0.2, 0.25) is 0 Å². The number of benzene rings is 2. The van der Waals surface area contributed by atoms with E-state index in [9.17, 15) is 9.90 Å². The van der Waals surface area contributed by atoms with Crippen molar-refractivity contribution in [1.82, 2.24) is 0 Å². The molecule has 4 aliphatic rings. The van der Waals surface area contributed by atoms with Crippen LogP contribution in [0.1, 0.15) is 145 Å². The molecule has 336 valence electrons. The Labute approximate surface area is 372 Å². The van der Waals surface area contributed by atoms with E-state index in [2.05, 4.69) is 80.7 Å². The molecule has 4 fully saturated rings. The molecule has 2 aromatic carbocycles. The second kappa shape index (κ2) is 18.1. The number of fused-ring (bicyclic) bond motifs is 3. The van der Waals surface area contributed by atoms with E-state index in [1.165, 1.54) is 79.7 Å². The average Bonchev–Trinajstić information content (AvgIpc) is 3.20. The van der Waals surface area contributed by atoms with Crippen molar-refractivity contribution in [3.8, 4) is 34.3 Å². The molecule has 0 amide bonds. The summed E-state index contributed by atoms with van der Waals surface area (Å²) in [5.41, 5.74) is 7.16. The van der Waals surface area contributed by atoms with Crippen LogP contribution in [-0.2, 0) is 0 Å². The fraction of sp³-hybridized carbons (Fsp3) is 0.589. The van der Waals surface area contributed by atoms with Crippen molar-refractivity contribution < 1.29 is 23.7 Å². The Morgan fingerprint density at radius 2 is 1.27 bits per heavy atom. The summed E-state index contributed by atoms with van der Waals surface area (Å²) in [7, 11) is 1.62. The van der Waals surface area contributed by atoms with Crippen LogP contribution in [0.4, 0.5) is 0 Å². The molecule has 0 aliphatic heterocycles. The molecule has 3 aromatic rings. The average molecular weight is 845 g/mol. The molecule has 7 rings (SSSR count). The molecule has 0 unspecified atom stereocenters. The van der Waals surface area contributed by atoms with Gasteiger partial charge in [0.1, 0.15) is 41.4 Å². The maximum absolute atomic E-state index is 14.3. The molecule has 0 bridgehead atoms. The van der Waals surface area contributed by atoms with Crippen molar-refractivity contribution >= 4 is 11.0 Å². The minimum atomic E-state index is -0.429. The van der Waals surface area contributed by atoms with Crippen molar-refractivity contribution in [2.75, 3.05) is 20.3 Å². The highest BCUT2D eigenvalue weighted by molar-refractivity contribution is 5.88. The number of ether oxygens (including phenoxy) is 3. The smallest absolute Gasteiger partial charge is 0.239 e. The van der Waals surface area contributed by atoms with E-state index in [0.717, 1.165) is 50.4 Å². The van der Waals surface area contributed by atoms with Gasteiger partial charge in [-0.05, 0) is 173 Å². The van der Waals surface area contributed by atoms with Gasteiger partial charge in [0, 0.05) is 17.7 Å². The Morgan fingerprint density at radius 1 is 0.758 bits per heavy atom. The molecule has 0 spiro atoms. The van der Waals surface area contributed by atoms with E-state index >= 15 is 0 Å². The Balaban J connectivity index is 1.05. The van der Waals surface area contributed by atoms with E-state index < -0.39 is 5.43 Å². The van der Waals surface area contributed by atoms with Crippen LogP contribution in [-0.4, -0.2) is 25.4 Å². The number of allylic oxidation sites excluding steroid dienone is 4. The highest BCUT2D eigenvalue weighted by Gasteiger charge is 2.53. The summed E-state index contributed by atoms with van der Waals surface area (Å²) in [5, 5.41) is 11.4. The van der Waals surface area contributed by atoms with Gasteiger partial charge < -0.3 is 23.7 Å². The van der Waals surface area contributed by atoms with Crippen molar-refractivity contribution in [2.24, 2.45) is 45.3 Å². The lowest BCUT2D eigenvalue weighted by Crippen LogP contribution is -2.49. The highest BCUT2D eigenvalue weighted by atomic mass is 16.5. The molecule has 62 heavy (non-hydrogen) atoms. The number of methoxy groups -OCH3 is 1. The predicted octanol–water partition coefficient (Wildman–Crippen LogP) is 15.0. The highest BCUT2D eigenvalue weighted by Crippen LogP contribution is 2.63. The third-order valence-electron chi connectivity index (χ3n) is 16.9. The molecular weight excluding hydrogens is 769 g/mol. The zero-order chi connectivity index (χ0) is 44.6. The van der Waals surface area contributed by atoms with Crippen LogP contribution in [0.25, 0.3) is 22.3 Å². The maximum atomic E-state index is 14.3. The van der Waals surface area contributed by atoms with Gasteiger partial charge in [-0.2, -0.15) is 0 Å². The van der Waals surface area contributed by atoms with Crippen molar-refractivity contribution in [2.45, 2.75) is 145 Å². The van der Waals surface area contributed by atoms with E-state index in [1.807, 2.05) is 24.3 Å². The Hall–Kier alpha value is -4.19. The van der Waals surface area contributed by atoms with Gasteiger partial charge in [0.25, 0.3) is 0 Å². The van der Waals surface area contributed by atoms with Crippen LogP contribution in [0.15, 0.2) is 93.2 Å². The fourth-order valence-corrected chi connectivity index (χ4v) is 13.5. The van der Waals surface area contributed by atoms with Crippen LogP contribution >= 0.6 is 0 Å². The minimum absolute atomic E-state index is 0.0623. The molecule has 6 nitrogen and oxygen atoms in total. The number of rotatable bonds is 14. The fourth-order valence-electron chi connectivity index (χ4n) is 13.5. The van der Waals surface area contributed by atoms with E-state index in [1.54, 1.807) is 13.2 Å². The normalized spacial score (nSPS) is 28.6. The Morgan fingerprint density at radius 3 is 1.79 bits per heavy atom. The van der Waals surface area contributed by atoms with Gasteiger partial charge in [-0.1, -0.05) is 89.8 Å². The van der Waals surface area contributed by atoms with Crippen LogP contribution in [0, 0.1) is 45.3 Å². The zero-order valence-corrected chi connectivity index (χ0v) is 39.6. The largest absolute Gasteiger partial charge is 0.507 e. The lowest BCUT2D eigenvalue weighted by atomic mass is 9.47. The third-order valence-corrected chi connectivity index (χ3v) is 16.9. The van der Waals surface area contributed by atoms with Crippen LogP contribution in [0.3, 0.4) is 0 Å². The summed E-state index contributed by atoms with van der Waals surface area (Å²) in [5.74, 6) is 3.76. The zero-order valence-electron chi connectivity index (χ0n) is 39.6. The SMILES string of the molecule is C=C1CC[C@H]2C(C)(C)CCC[C@]2(C)[C@H]1CC/C(C)=C/COc1cc(O)c2c(=O)c(OC/C=C(\C)CC[C@H]3C(=C)CC[C@H]4C(C)(C)CCC[C@]34C)c(-c3ccc(OC)cc3)oc2c1. The van der Waals surface area contributed by atoms with Gasteiger partial charge in [0.05, 0.1) is 7.11 Å². The minimum Gasteiger partial charge on any atom is -0.507 e. The van der Waals surface area contributed by atoms with Crippen LogP contribution in [0.5, 0.6) is 23.0 Å². The quantitative estimate of drug-likeness (QED) is 0.163. The molecule has 6 heteroatoms. The maximum Gasteiger partial charge on any atom is 0.239 e. The molecule has 0 radical (unpaired) electrons. The molecule has 1 N–H and O–H groups in total. The van der Waals surface area contributed by atoms with Gasteiger partial charge in [-0.25, -0.2) is 0 Å². The van der Waals surface area contributed by atoms with E-state index in [-0.39, 0.29) is 34.5 Å². The number of hydrogen-bond donors (Lipinski definition) is 1. The Bertz CT molecular complexity index is 2250. The number of aromatic hydroxyl groups is 1. The van der Waals surface area contributed by atoms with Crippen molar-refractivity contribution in [3.05, 3.63) is 94.2 Å². The number of phenolic OH excluding ortho intramolecular Hbond substituents is 1. The summed E-state index contributed by atoms with van der Waals surface area (Å²) < 4.78 is 24.4. The summed E-state index contributed by atoms with van der Waals surface area (Å²) in [4.78, 5) is 14.3. The van der Waals surface area contributed by atoms with Crippen molar-refractivity contribution in [3.63, 3.8) is 0 Å². The second-order valence-electron chi connectivity index (χ2n) is 21.7. The van der Waals surface area contributed by atoms with Gasteiger partial charge in [0.2, 0.25) is 11.2 Å². The summed E-state index contributed by atoms with van der Waals surface area (Å²) >= 11 is 0.